The van der Waals surface area contributed by atoms with E-state index in [4.69, 9.17) is 18.9 Å². The minimum absolute atomic E-state index is 0.0411. The van der Waals surface area contributed by atoms with E-state index in [9.17, 15) is 4.79 Å². The van der Waals surface area contributed by atoms with E-state index < -0.39 is 23.8 Å². The lowest BCUT2D eigenvalue weighted by atomic mass is 9.80. The van der Waals surface area contributed by atoms with Crippen molar-refractivity contribution in [2.75, 3.05) is 20.5 Å². The summed E-state index contributed by atoms with van der Waals surface area (Å²) in [6.07, 6.45) is 3.44. The molecule has 2 atom stereocenters. The molecule has 5 heteroatoms. The molecule has 0 saturated carbocycles. The summed E-state index contributed by atoms with van der Waals surface area (Å²) in [6.45, 7) is 5.66. The molecule has 0 N–H and O–H groups in total. The number of benzene rings is 3. The molecule has 0 unspecified atom stereocenters. The third-order valence-corrected chi connectivity index (χ3v) is 5.51. The van der Waals surface area contributed by atoms with Gasteiger partial charge in [0.15, 0.2) is 0 Å². The first-order chi connectivity index (χ1) is 17.1. The fourth-order valence-corrected chi connectivity index (χ4v) is 3.93. The van der Waals surface area contributed by atoms with Crippen molar-refractivity contribution in [1.29, 1.82) is 0 Å². The van der Waals surface area contributed by atoms with Crippen LogP contribution in [0.2, 0.25) is 0 Å². The Labute approximate surface area is 207 Å². The Morgan fingerprint density at radius 3 is 1.80 bits per heavy atom. The zero-order chi connectivity index (χ0) is 24.9. The summed E-state index contributed by atoms with van der Waals surface area (Å²) in [7, 11) is 1.55. The summed E-state index contributed by atoms with van der Waals surface area (Å²) in [4.78, 5) is 12.1. The normalized spacial score (nSPS) is 13.3. The maximum atomic E-state index is 12.1. The van der Waals surface area contributed by atoms with Crippen LogP contribution >= 0.6 is 0 Å². The van der Waals surface area contributed by atoms with Gasteiger partial charge < -0.3 is 18.9 Å². The van der Waals surface area contributed by atoms with E-state index in [2.05, 4.69) is 43.0 Å². The molecule has 182 valence electrons. The average molecular weight is 473 g/mol. The molecule has 0 aliphatic carbocycles. The molecule has 0 radical (unpaired) electrons. The Morgan fingerprint density at radius 1 is 0.886 bits per heavy atom. The molecular weight excluding hydrogens is 440 g/mol. The van der Waals surface area contributed by atoms with Crippen LogP contribution in [0.25, 0.3) is 0 Å². The predicted octanol–water partition coefficient (Wildman–Crippen LogP) is 5.66. The predicted molar refractivity (Wildman–Crippen MR) is 137 cm³/mol. The fourth-order valence-electron chi connectivity index (χ4n) is 3.93. The van der Waals surface area contributed by atoms with Gasteiger partial charge in [-0.3, -0.25) is 0 Å². The highest BCUT2D eigenvalue weighted by Crippen LogP contribution is 2.41. The number of carbonyl (C=O) groups is 1. The van der Waals surface area contributed by atoms with Gasteiger partial charge in [0.05, 0.1) is 6.10 Å². The van der Waals surface area contributed by atoms with Crippen LogP contribution in [0.3, 0.4) is 0 Å². The molecular formula is C30H32O5. The smallest absolute Gasteiger partial charge is 0.330 e. The standard InChI is InChI=1S/C30H32O5/c1-4-22-33-29(31)21-20-28(34-23-32-3)24(2)35-30(25-14-8-5-9-15-25,26-16-10-6-11-17-26)27-18-12-7-13-19-27/h4-21,24,28H,1,22-23H2,2-3H3/b21-20+/t24-,28+/m0/s1. The second-order valence-corrected chi connectivity index (χ2v) is 7.92. The zero-order valence-electron chi connectivity index (χ0n) is 20.2. The number of methoxy groups -OCH3 is 1. The lowest BCUT2D eigenvalue weighted by Crippen LogP contribution is -2.40. The van der Waals surface area contributed by atoms with Gasteiger partial charge >= 0.3 is 5.97 Å². The molecule has 3 aromatic rings. The number of ether oxygens (including phenoxy) is 4. The molecule has 0 bridgehead atoms. The molecule has 5 nitrogen and oxygen atoms in total. The van der Waals surface area contributed by atoms with Crippen molar-refractivity contribution in [3.63, 3.8) is 0 Å². The second kappa shape index (κ2) is 13.4. The molecule has 0 fully saturated rings. The number of hydrogen-bond donors (Lipinski definition) is 0. The molecule has 3 rings (SSSR count). The van der Waals surface area contributed by atoms with Gasteiger partial charge in [-0.2, -0.15) is 0 Å². The van der Waals surface area contributed by atoms with Crippen LogP contribution in [0, 0.1) is 0 Å². The first-order valence-corrected chi connectivity index (χ1v) is 11.5. The minimum Gasteiger partial charge on any atom is -0.458 e. The van der Waals surface area contributed by atoms with Gasteiger partial charge in [0.1, 0.15) is 25.1 Å². The summed E-state index contributed by atoms with van der Waals surface area (Å²) in [6, 6.07) is 30.3. The van der Waals surface area contributed by atoms with Crippen LogP contribution in [0.1, 0.15) is 23.6 Å². The van der Waals surface area contributed by atoms with Gasteiger partial charge in [-0.15, -0.1) is 0 Å². The van der Waals surface area contributed by atoms with Crippen LogP contribution in [0.5, 0.6) is 0 Å². The van der Waals surface area contributed by atoms with Crippen molar-refractivity contribution in [2.24, 2.45) is 0 Å². The molecule has 3 aromatic carbocycles. The van der Waals surface area contributed by atoms with Crippen molar-refractivity contribution in [1.82, 2.24) is 0 Å². The highest BCUT2D eigenvalue weighted by molar-refractivity contribution is 5.82. The number of esters is 1. The fraction of sp³-hybridized carbons (Fsp3) is 0.233. The van der Waals surface area contributed by atoms with E-state index in [-0.39, 0.29) is 13.4 Å². The van der Waals surface area contributed by atoms with E-state index in [1.165, 1.54) is 12.2 Å². The lowest BCUT2D eigenvalue weighted by Gasteiger charge is -2.39. The molecule has 0 aliphatic rings. The van der Waals surface area contributed by atoms with Crippen LogP contribution in [-0.2, 0) is 29.3 Å². The molecule has 0 aliphatic heterocycles. The van der Waals surface area contributed by atoms with Crippen LogP contribution in [0.4, 0.5) is 0 Å². The Hall–Kier alpha value is -3.51. The summed E-state index contributed by atoms with van der Waals surface area (Å²) in [5, 5.41) is 0. The van der Waals surface area contributed by atoms with Gasteiger partial charge in [-0.05, 0) is 29.7 Å². The monoisotopic (exact) mass is 472 g/mol. The molecule has 0 saturated heterocycles. The topological polar surface area (TPSA) is 54.0 Å². The van der Waals surface area contributed by atoms with Crippen molar-refractivity contribution >= 4 is 5.97 Å². The van der Waals surface area contributed by atoms with E-state index in [0.717, 1.165) is 16.7 Å². The average Bonchev–Trinajstić information content (AvgIpc) is 2.92. The van der Waals surface area contributed by atoms with Crippen molar-refractivity contribution in [3.05, 3.63) is 132 Å². The van der Waals surface area contributed by atoms with Gasteiger partial charge in [0.2, 0.25) is 0 Å². The van der Waals surface area contributed by atoms with Gasteiger partial charge in [0.25, 0.3) is 0 Å². The van der Waals surface area contributed by atoms with Crippen molar-refractivity contribution in [3.8, 4) is 0 Å². The summed E-state index contributed by atoms with van der Waals surface area (Å²) in [5.74, 6) is -0.483. The Balaban J connectivity index is 2.06. The first kappa shape index (κ1) is 26.1. The third kappa shape index (κ3) is 6.76. The number of carbonyl (C=O) groups excluding carboxylic acids is 1. The molecule has 0 spiro atoms. The van der Waals surface area contributed by atoms with Crippen LogP contribution in [-0.4, -0.2) is 38.7 Å². The Bertz CT molecular complexity index is 967. The molecule has 0 amide bonds. The van der Waals surface area contributed by atoms with E-state index in [1.807, 2.05) is 61.5 Å². The number of hydrogen-bond acceptors (Lipinski definition) is 5. The Kier molecular flexibility index (Phi) is 9.99. The molecule has 35 heavy (non-hydrogen) atoms. The quantitative estimate of drug-likeness (QED) is 0.106. The van der Waals surface area contributed by atoms with Gasteiger partial charge in [-0.25, -0.2) is 4.79 Å². The molecule has 0 heterocycles. The third-order valence-electron chi connectivity index (χ3n) is 5.51. The highest BCUT2D eigenvalue weighted by Gasteiger charge is 2.40. The van der Waals surface area contributed by atoms with Crippen LogP contribution < -0.4 is 0 Å². The summed E-state index contributed by atoms with van der Waals surface area (Å²) >= 11 is 0. The van der Waals surface area contributed by atoms with E-state index >= 15 is 0 Å². The first-order valence-electron chi connectivity index (χ1n) is 11.5. The van der Waals surface area contributed by atoms with Crippen molar-refractivity contribution < 1.29 is 23.7 Å². The van der Waals surface area contributed by atoms with Crippen LogP contribution in [0.15, 0.2) is 116 Å². The highest BCUT2D eigenvalue weighted by atomic mass is 16.7. The largest absolute Gasteiger partial charge is 0.458 e. The van der Waals surface area contributed by atoms with E-state index in [1.54, 1.807) is 13.2 Å². The van der Waals surface area contributed by atoms with E-state index in [0.29, 0.717) is 0 Å². The van der Waals surface area contributed by atoms with Gasteiger partial charge in [-0.1, -0.05) is 104 Å². The van der Waals surface area contributed by atoms with Crippen molar-refractivity contribution in [2.45, 2.75) is 24.7 Å². The zero-order valence-corrected chi connectivity index (χ0v) is 20.2. The summed E-state index contributed by atoms with van der Waals surface area (Å²) in [5.41, 5.74) is 2.01. The maximum absolute atomic E-state index is 12.1. The van der Waals surface area contributed by atoms with Gasteiger partial charge in [0, 0.05) is 13.2 Å². The minimum atomic E-state index is -0.922. The lowest BCUT2D eigenvalue weighted by molar-refractivity contribution is -0.138. The second-order valence-electron chi connectivity index (χ2n) is 7.92. The molecule has 0 aromatic heterocycles. The summed E-state index contributed by atoms with van der Waals surface area (Å²) < 4.78 is 23.1. The maximum Gasteiger partial charge on any atom is 0.330 e. The number of rotatable bonds is 13. The Morgan fingerprint density at radius 2 is 1.37 bits per heavy atom. The SMILES string of the molecule is C=CCOC(=O)/C=C/[C@@H](OCOC)[C@H](C)OC(c1ccccc1)(c1ccccc1)c1ccccc1.